The fourth-order valence-electron chi connectivity index (χ4n) is 3.08. The summed E-state index contributed by atoms with van der Waals surface area (Å²) in [5, 5.41) is 23.9. The summed E-state index contributed by atoms with van der Waals surface area (Å²) in [6.07, 6.45) is 1.88. The van der Waals surface area contributed by atoms with Gasteiger partial charge in [0.25, 0.3) is 0 Å². The second kappa shape index (κ2) is 7.95. The molecule has 1 fully saturated rings. The van der Waals surface area contributed by atoms with E-state index in [0.29, 0.717) is 36.2 Å². The van der Waals surface area contributed by atoms with Crippen molar-refractivity contribution in [1.29, 1.82) is 0 Å². The number of hydrogen-bond acceptors (Lipinski definition) is 5. The van der Waals surface area contributed by atoms with Gasteiger partial charge in [0.2, 0.25) is 0 Å². The summed E-state index contributed by atoms with van der Waals surface area (Å²) in [6, 6.07) is 7.45. The van der Waals surface area contributed by atoms with Crippen molar-refractivity contribution in [3.05, 3.63) is 46.5 Å². The molecule has 1 aliphatic heterocycles. The molecule has 0 unspecified atom stereocenters. The van der Waals surface area contributed by atoms with Gasteiger partial charge in [-0.3, -0.25) is 9.69 Å². The number of aliphatic carboxylic acids is 1. The number of rotatable bonds is 6. The molecule has 0 aliphatic carbocycles. The van der Waals surface area contributed by atoms with Crippen LogP contribution < -0.4 is 0 Å². The van der Waals surface area contributed by atoms with Crippen molar-refractivity contribution < 1.29 is 15.0 Å². The molecule has 2 N–H and O–H groups in total. The maximum absolute atomic E-state index is 11.1. The van der Waals surface area contributed by atoms with Crippen molar-refractivity contribution in [3.63, 3.8) is 0 Å². The average Bonchev–Trinajstić information content (AvgIpc) is 2.87. The zero-order valence-electron chi connectivity index (χ0n) is 13.8. The highest BCUT2D eigenvalue weighted by Gasteiger charge is 2.21. The lowest BCUT2D eigenvalue weighted by molar-refractivity contribution is -0.138. The van der Waals surface area contributed by atoms with Crippen molar-refractivity contribution in [3.8, 4) is 0 Å². The number of aliphatic hydroxyl groups is 1. The first-order valence-corrected chi connectivity index (χ1v) is 8.66. The van der Waals surface area contributed by atoms with Crippen molar-refractivity contribution >= 4 is 17.6 Å². The molecule has 2 aromatic rings. The topological polar surface area (TPSA) is 91.5 Å². The number of piperidine rings is 1. The molecular weight excluding hydrogens is 344 g/mol. The molecule has 7 nitrogen and oxygen atoms in total. The molecule has 134 valence electrons. The van der Waals surface area contributed by atoms with E-state index >= 15 is 0 Å². The summed E-state index contributed by atoms with van der Waals surface area (Å²) in [6.45, 7) is 1.69. The zero-order chi connectivity index (χ0) is 17.8. The van der Waals surface area contributed by atoms with Crippen LogP contribution in [0.5, 0.6) is 0 Å². The van der Waals surface area contributed by atoms with Crippen LogP contribution in [0.2, 0.25) is 5.02 Å². The Labute approximate surface area is 150 Å². The van der Waals surface area contributed by atoms with E-state index in [0.717, 1.165) is 24.9 Å². The zero-order valence-corrected chi connectivity index (χ0v) is 14.6. The Bertz CT molecular complexity index is 749. The van der Waals surface area contributed by atoms with Crippen molar-refractivity contribution in [2.24, 2.45) is 0 Å². The quantitative estimate of drug-likeness (QED) is 0.808. The van der Waals surface area contributed by atoms with Crippen LogP contribution >= 0.6 is 11.6 Å². The third kappa shape index (κ3) is 5.01. The first-order valence-electron chi connectivity index (χ1n) is 8.29. The molecule has 0 bridgehead atoms. The van der Waals surface area contributed by atoms with Gasteiger partial charge >= 0.3 is 5.97 Å². The van der Waals surface area contributed by atoms with Crippen molar-refractivity contribution in [2.75, 3.05) is 13.1 Å². The van der Waals surface area contributed by atoms with Gasteiger partial charge < -0.3 is 10.2 Å². The summed E-state index contributed by atoms with van der Waals surface area (Å²) >= 11 is 6.00. The highest BCUT2D eigenvalue weighted by atomic mass is 35.5. The summed E-state index contributed by atoms with van der Waals surface area (Å²) in [4.78, 5) is 17.7. The Kier molecular flexibility index (Phi) is 5.67. The summed E-state index contributed by atoms with van der Waals surface area (Å²) in [5.74, 6) is 0.212. The Morgan fingerprint density at radius 1 is 1.40 bits per heavy atom. The number of benzene rings is 1. The first-order chi connectivity index (χ1) is 12.0. The fourth-order valence-corrected chi connectivity index (χ4v) is 3.29. The molecule has 25 heavy (non-hydrogen) atoms. The van der Waals surface area contributed by atoms with Gasteiger partial charge in [0, 0.05) is 18.0 Å². The number of β-amino-alcohol motifs (C(OH)–C–C–N with tert-alkyl or cyclic N) is 1. The van der Waals surface area contributed by atoms with Crippen LogP contribution in [-0.2, 0) is 24.3 Å². The number of aliphatic hydroxyl groups excluding tert-OH is 1. The Balaban J connectivity index is 1.78. The minimum Gasteiger partial charge on any atom is -0.480 e. The lowest BCUT2D eigenvalue weighted by Crippen LogP contribution is -2.38. The van der Waals surface area contributed by atoms with E-state index < -0.39 is 5.97 Å². The van der Waals surface area contributed by atoms with E-state index in [1.165, 1.54) is 4.68 Å². The highest BCUT2D eigenvalue weighted by molar-refractivity contribution is 6.30. The number of nitrogens with zero attached hydrogens (tertiary/aromatic N) is 4. The third-order valence-electron chi connectivity index (χ3n) is 4.17. The minimum absolute atomic E-state index is 0.228. The van der Waals surface area contributed by atoms with Gasteiger partial charge in [-0.25, -0.2) is 9.67 Å². The van der Waals surface area contributed by atoms with E-state index in [-0.39, 0.29) is 12.6 Å². The molecule has 1 aromatic carbocycles. The molecule has 0 amide bonds. The van der Waals surface area contributed by atoms with Crippen LogP contribution in [-0.4, -0.2) is 55.0 Å². The van der Waals surface area contributed by atoms with Gasteiger partial charge in [0.1, 0.15) is 12.4 Å². The van der Waals surface area contributed by atoms with E-state index in [1.54, 1.807) is 6.07 Å². The molecule has 1 atom stereocenters. The number of carboxylic acids is 1. The monoisotopic (exact) mass is 364 g/mol. The van der Waals surface area contributed by atoms with Crippen LogP contribution in [0.15, 0.2) is 24.3 Å². The molecular formula is C17H21ClN4O3. The first kappa shape index (κ1) is 17.8. The number of carboxylic acid groups (broad SMARTS) is 1. The highest BCUT2D eigenvalue weighted by Crippen LogP contribution is 2.16. The predicted molar refractivity (Wildman–Crippen MR) is 92.4 cm³/mol. The van der Waals surface area contributed by atoms with Gasteiger partial charge in [-0.15, -0.1) is 0 Å². The molecule has 3 rings (SSSR count). The Hall–Kier alpha value is -1.96. The van der Waals surface area contributed by atoms with Crippen molar-refractivity contribution in [1.82, 2.24) is 19.7 Å². The van der Waals surface area contributed by atoms with Gasteiger partial charge in [-0.1, -0.05) is 23.7 Å². The molecule has 8 heteroatoms. The molecule has 1 aromatic heterocycles. The minimum atomic E-state index is -0.959. The van der Waals surface area contributed by atoms with E-state index in [9.17, 15) is 9.90 Å². The molecule has 0 saturated carbocycles. The van der Waals surface area contributed by atoms with E-state index in [2.05, 4.69) is 15.0 Å². The third-order valence-corrected chi connectivity index (χ3v) is 4.41. The second-order valence-electron chi connectivity index (χ2n) is 6.33. The van der Waals surface area contributed by atoms with Gasteiger partial charge in [-0.2, -0.15) is 5.10 Å². The molecule has 1 saturated heterocycles. The smallest absolute Gasteiger partial charge is 0.325 e. The summed E-state index contributed by atoms with van der Waals surface area (Å²) < 4.78 is 1.43. The molecule has 2 heterocycles. The number of carbonyl (C=O) groups is 1. The molecule has 0 spiro atoms. The van der Waals surface area contributed by atoms with Gasteiger partial charge in [0.15, 0.2) is 5.82 Å². The Morgan fingerprint density at radius 2 is 2.24 bits per heavy atom. The number of halogens is 1. The van der Waals surface area contributed by atoms with Crippen LogP contribution in [0, 0.1) is 0 Å². The van der Waals surface area contributed by atoms with Crippen LogP contribution in [0.4, 0.5) is 0 Å². The predicted octanol–water partition coefficient (Wildman–Crippen LogP) is 1.56. The SMILES string of the molecule is O=C(O)Cn1nc(Cc2cccc(Cl)c2)nc1CN1CCC[C@H](O)C1. The van der Waals surface area contributed by atoms with Gasteiger partial charge in [0.05, 0.1) is 12.6 Å². The number of aromatic nitrogens is 3. The van der Waals surface area contributed by atoms with E-state index in [4.69, 9.17) is 16.7 Å². The maximum Gasteiger partial charge on any atom is 0.325 e. The molecule has 0 radical (unpaired) electrons. The van der Waals surface area contributed by atoms with Crippen LogP contribution in [0.1, 0.15) is 30.1 Å². The number of likely N-dealkylation sites (tertiary alicyclic amines) is 1. The Morgan fingerprint density at radius 3 is 2.96 bits per heavy atom. The fraction of sp³-hybridized carbons (Fsp3) is 0.471. The average molecular weight is 365 g/mol. The normalized spacial score (nSPS) is 18.4. The van der Waals surface area contributed by atoms with Gasteiger partial charge in [-0.05, 0) is 37.1 Å². The maximum atomic E-state index is 11.1. The second-order valence-corrected chi connectivity index (χ2v) is 6.77. The summed E-state index contributed by atoms with van der Waals surface area (Å²) in [7, 11) is 0. The lowest BCUT2D eigenvalue weighted by atomic mass is 10.1. The van der Waals surface area contributed by atoms with Crippen LogP contribution in [0.25, 0.3) is 0 Å². The number of hydrogen-bond donors (Lipinski definition) is 2. The standard InChI is InChI=1S/C17H21ClN4O3/c18-13-4-1-3-12(7-13)8-15-19-16(22(20-15)11-17(24)25)10-21-6-2-5-14(23)9-21/h1,3-4,7,14,23H,2,5-6,8-11H2,(H,24,25)/t14-/m0/s1. The lowest BCUT2D eigenvalue weighted by Gasteiger charge is -2.29. The van der Waals surface area contributed by atoms with Crippen molar-refractivity contribution in [2.45, 2.75) is 38.5 Å². The van der Waals surface area contributed by atoms with E-state index in [1.807, 2.05) is 18.2 Å². The largest absolute Gasteiger partial charge is 0.480 e. The summed E-state index contributed by atoms with van der Waals surface area (Å²) in [5.41, 5.74) is 0.972. The molecule has 1 aliphatic rings. The van der Waals surface area contributed by atoms with Crippen LogP contribution in [0.3, 0.4) is 0 Å².